The maximum absolute atomic E-state index is 13.3. The molecule has 5 rings (SSSR count). The van der Waals surface area contributed by atoms with Gasteiger partial charge in [-0.05, 0) is 57.1 Å². The Labute approximate surface area is 185 Å². The van der Waals surface area contributed by atoms with Crippen LogP contribution in [-0.2, 0) is 10.9 Å². The van der Waals surface area contributed by atoms with Crippen molar-refractivity contribution in [1.82, 2.24) is 19.7 Å². The van der Waals surface area contributed by atoms with Crippen molar-refractivity contribution in [2.75, 3.05) is 32.5 Å². The molecule has 0 amide bonds. The summed E-state index contributed by atoms with van der Waals surface area (Å²) in [4.78, 5) is 6.36. The quantitative estimate of drug-likeness (QED) is 0.711. The zero-order chi connectivity index (χ0) is 22.8. The van der Waals surface area contributed by atoms with Crippen molar-refractivity contribution in [2.45, 2.75) is 56.8 Å². The lowest BCUT2D eigenvalue weighted by molar-refractivity contribution is -0.137. The third-order valence-electron chi connectivity index (χ3n) is 7.76. The first-order valence-electron chi connectivity index (χ1n) is 11.3. The fourth-order valence-electron chi connectivity index (χ4n) is 6.06. The minimum atomic E-state index is -4.55. The van der Waals surface area contributed by atoms with E-state index in [-0.39, 0.29) is 6.04 Å². The second-order valence-corrected chi connectivity index (χ2v) is 9.86. The minimum absolute atomic E-state index is 0.125. The molecule has 0 bridgehead atoms. The number of nitrogens with two attached hydrogens (primary N) is 1. The molecule has 2 aliphatic carbocycles. The molecule has 4 atom stereocenters. The number of anilines is 1. The van der Waals surface area contributed by atoms with Gasteiger partial charge in [0.2, 0.25) is 0 Å². The average molecular weight is 450 g/mol. The molecule has 0 radical (unpaired) electrons. The van der Waals surface area contributed by atoms with Crippen molar-refractivity contribution in [1.29, 1.82) is 0 Å². The summed E-state index contributed by atoms with van der Waals surface area (Å²) in [6, 6.07) is 3.15. The Hall–Kier alpha value is -2.13. The lowest BCUT2D eigenvalue weighted by Crippen LogP contribution is -2.59. The summed E-state index contributed by atoms with van der Waals surface area (Å²) in [6.07, 6.45) is 0.461. The van der Waals surface area contributed by atoms with Crippen molar-refractivity contribution in [3.05, 3.63) is 29.6 Å². The van der Waals surface area contributed by atoms with Crippen LogP contribution in [0.3, 0.4) is 0 Å². The predicted molar refractivity (Wildman–Crippen MR) is 115 cm³/mol. The van der Waals surface area contributed by atoms with Gasteiger partial charge in [-0.15, -0.1) is 0 Å². The first-order valence-corrected chi connectivity index (χ1v) is 11.3. The van der Waals surface area contributed by atoms with Crippen LogP contribution in [-0.4, -0.2) is 52.0 Å². The third-order valence-corrected chi connectivity index (χ3v) is 7.76. The van der Waals surface area contributed by atoms with E-state index in [1.165, 1.54) is 25.5 Å². The van der Waals surface area contributed by atoms with Gasteiger partial charge < -0.3 is 10.5 Å². The molecule has 3 aliphatic rings. The number of ether oxygens (including phenoxy) is 1. The van der Waals surface area contributed by atoms with Crippen molar-refractivity contribution >= 4 is 5.82 Å². The van der Waals surface area contributed by atoms with Gasteiger partial charge in [0.1, 0.15) is 5.82 Å². The van der Waals surface area contributed by atoms with Crippen LogP contribution >= 0.6 is 0 Å². The van der Waals surface area contributed by atoms with Crippen LogP contribution in [0.1, 0.15) is 56.3 Å². The Morgan fingerprint density at radius 3 is 2.53 bits per heavy atom. The number of halogens is 3. The van der Waals surface area contributed by atoms with E-state index in [9.17, 15) is 13.2 Å². The molecule has 174 valence electrons. The molecule has 2 aromatic heterocycles. The standard InChI is InChI=1S/C23H30F3N5O/c1-13(2)31-19(9-18(29-31)14-8-17(23(24,25)26)21(27)28-12-14)20-15-10-22(11-16(15)20)4-5-30(22)6-7-32-3/h8-9,12-13,15-16,20H,4-7,10-11H2,1-3H3,(H2,27,28)/t15-,16+,20+,22+. The van der Waals surface area contributed by atoms with E-state index in [2.05, 4.69) is 28.8 Å². The van der Waals surface area contributed by atoms with Gasteiger partial charge in [-0.1, -0.05) is 0 Å². The summed E-state index contributed by atoms with van der Waals surface area (Å²) in [5.41, 5.74) is 6.89. The van der Waals surface area contributed by atoms with Gasteiger partial charge in [-0.25, -0.2) is 4.98 Å². The molecule has 6 nitrogen and oxygen atoms in total. The van der Waals surface area contributed by atoms with Gasteiger partial charge in [0.25, 0.3) is 0 Å². The molecule has 2 aromatic rings. The highest BCUT2D eigenvalue weighted by Crippen LogP contribution is 2.69. The van der Waals surface area contributed by atoms with Crippen molar-refractivity contribution in [3.8, 4) is 11.3 Å². The number of alkyl halides is 3. The van der Waals surface area contributed by atoms with Crippen LogP contribution in [0.25, 0.3) is 11.3 Å². The molecule has 2 N–H and O–H groups in total. The lowest BCUT2D eigenvalue weighted by atomic mass is 9.78. The van der Waals surface area contributed by atoms with Crippen LogP contribution < -0.4 is 5.73 Å². The smallest absolute Gasteiger partial charge is 0.383 e. The van der Waals surface area contributed by atoms with E-state index in [1.807, 2.05) is 10.7 Å². The van der Waals surface area contributed by atoms with Crippen LogP contribution in [0, 0.1) is 11.8 Å². The SMILES string of the molecule is COCCN1CC[C@@]12C[C@@H]1[C@H](C2)[C@H]1c1cc(-c2cnc(N)c(C(F)(F)F)c2)nn1C(C)C. The Bertz CT molecular complexity index is 1010. The molecule has 0 unspecified atom stereocenters. The van der Waals surface area contributed by atoms with E-state index in [0.29, 0.717) is 34.6 Å². The topological polar surface area (TPSA) is 69.2 Å². The molecule has 1 aliphatic heterocycles. The summed E-state index contributed by atoms with van der Waals surface area (Å²) in [7, 11) is 1.74. The van der Waals surface area contributed by atoms with Gasteiger partial charge in [-0.3, -0.25) is 9.58 Å². The molecule has 9 heteroatoms. The molecular weight excluding hydrogens is 419 g/mol. The second-order valence-electron chi connectivity index (χ2n) is 9.86. The first kappa shape index (κ1) is 21.7. The van der Waals surface area contributed by atoms with E-state index in [4.69, 9.17) is 10.5 Å². The summed E-state index contributed by atoms with van der Waals surface area (Å²) in [5, 5.41) is 4.69. The molecule has 0 aromatic carbocycles. The summed E-state index contributed by atoms with van der Waals surface area (Å²) < 4.78 is 47.2. The van der Waals surface area contributed by atoms with E-state index in [0.717, 1.165) is 31.5 Å². The monoisotopic (exact) mass is 449 g/mol. The first-order chi connectivity index (χ1) is 15.1. The van der Waals surface area contributed by atoms with Gasteiger partial charge in [0.15, 0.2) is 0 Å². The molecular formula is C23H30F3N5O. The summed E-state index contributed by atoms with van der Waals surface area (Å²) in [6.45, 7) is 7.01. The van der Waals surface area contributed by atoms with E-state index < -0.39 is 17.6 Å². The number of pyridine rings is 1. The van der Waals surface area contributed by atoms with Gasteiger partial charge in [-0.2, -0.15) is 18.3 Å². The Balaban J connectivity index is 1.39. The Kier molecular flexibility index (Phi) is 5.05. The fraction of sp³-hybridized carbons (Fsp3) is 0.652. The minimum Gasteiger partial charge on any atom is -0.383 e. The molecule has 1 saturated heterocycles. The molecule has 2 saturated carbocycles. The highest BCUT2D eigenvalue weighted by Gasteiger charge is 2.66. The zero-order valence-corrected chi connectivity index (χ0v) is 18.7. The molecule has 32 heavy (non-hydrogen) atoms. The van der Waals surface area contributed by atoms with Crippen LogP contribution in [0.4, 0.5) is 19.0 Å². The fourth-order valence-corrected chi connectivity index (χ4v) is 6.06. The highest BCUT2D eigenvalue weighted by atomic mass is 19.4. The maximum Gasteiger partial charge on any atom is 0.419 e. The Morgan fingerprint density at radius 1 is 1.25 bits per heavy atom. The molecule has 3 fully saturated rings. The highest BCUT2D eigenvalue weighted by molar-refractivity contribution is 5.63. The van der Waals surface area contributed by atoms with Crippen molar-refractivity contribution in [3.63, 3.8) is 0 Å². The van der Waals surface area contributed by atoms with E-state index >= 15 is 0 Å². The normalized spacial score (nSPS) is 29.5. The zero-order valence-electron chi connectivity index (χ0n) is 18.7. The van der Waals surface area contributed by atoms with Gasteiger partial charge in [0, 0.05) is 55.2 Å². The Morgan fingerprint density at radius 2 is 1.97 bits per heavy atom. The third kappa shape index (κ3) is 3.41. The van der Waals surface area contributed by atoms with Crippen molar-refractivity contribution in [2.24, 2.45) is 11.8 Å². The number of nitrogens with zero attached hydrogens (tertiary/aromatic N) is 4. The summed E-state index contributed by atoms with van der Waals surface area (Å²) in [5.74, 6) is 1.17. The van der Waals surface area contributed by atoms with Crippen LogP contribution in [0.5, 0.6) is 0 Å². The number of nitrogen functional groups attached to an aromatic ring is 1. The second kappa shape index (κ2) is 7.45. The van der Waals surface area contributed by atoms with Crippen LogP contribution in [0.2, 0.25) is 0 Å². The number of hydrogen-bond acceptors (Lipinski definition) is 5. The number of rotatable bonds is 6. The number of hydrogen-bond donors (Lipinski definition) is 1. The van der Waals surface area contributed by atoms with Gasteiger partial charge in [0.05, 0.1) is 17.9 Å². The maximum atomic E-state index is 13.3. The van der Waals surface area contributed by atoms with Crippen LogP contribution in [0.15, 0.2) is 18.3 Å². The summed E-state index contributed by atoms with van der Waals surface area (Å²) >= 11 is 0. The van der Waals surface area contributed by atoms with Gasteiger partial charge >= 0.3 is 6.18 Å². The number of methoxy groups -OCH3 is 1. The number of likely N-dealkylation sites (tertiary alicyclic amines) is 1. The average Bonchev–Trinajstić information content (AvgIpc) is 3.08. The number of fused-ring (bicyclic) bond motifs is 1. The largest absolute Gasteiger partial charge is 0.419 e. The predicted octanol–water partition coefficient (Wildman–Crippen LogP) is 4.34. The van der Waals surface area contributed by atoms with E-state index in [1.54, 1.807) is 7.11 Å². The number of aromatic nitrogens is 3. The lowest BCUT2D eigenvalue weighted by Gasteiger charge is -2.52. The van der Waals surface area contributed by atoms with Crippen molar-refractivity contribution < 1.29 is 17.9 Å². The molecule has 1 spiro atoms. The molecule has 3 heterocycles.